The minimum atomic E-state index is -0.338. The van der Waals surface area contributed by atoms with Crippen molar-refractivity contribution in [3.8, 4) is 11.8 Å². The molecular weight excluding hydrogens is 366 g/mol. The van der Waals surface area contributed by atoms with Crippen LogP contribution in [-0.2, 0) is 9.53 Å². The summed E-state index contributed by atoms with van der Waals surface area (Å²) in [5.74, 6) is 0.291. The van der Waals surface area contributed by atoms with Gasteiger partial charge in [-0.05, 0) is 81.1 Å². The summed E-state index contributed by atoms with van der Waals surface area (Å²) < 4.78 is 10.8. The van der Waals surface area contributed by atoms with Crippen molar-refractivity contribution in [1.82, 2.24) is 0 Å². The molecule has 5 heteroatoms. The quantitative estimate of drug-likeness (QED) is 0.237. The van der Waals surface area contributed by atoms with Crippen molar-refractivity contribution < 1.29 is 19.1 Å². The molecule has 150 valence electrons. The van der Waals surface area contributed by atoms with Crippen LogP contribution in [0.3, 0.4) is 0 Å². The average molecular weight is 391 g/mol. The molecule has 0 atom stereocenters. The number of esters is 1. The van der Waals surface area contributed by atoms with E-state index in [0.29, 0.717) is 35.5 Å². The first-order chi connectivity index (χ1) is 14.0. The Morgan fingerprint density at radius 2 is 1.45 bits per heavy atom. The van der Waals surface area contributed by atoms with Gasteiger partial charge in [0.05, 0.1) is 24.8 Å². The molecule has 29 heavy (non-hydrogen) atoms. The number of nitrogens with zero attached hydrogens (tertiary/aromatic N) is 1. The standard InChI is InChI=1S/C24H25NO4/c1-18(2)24(27)29-16-6-4-3-5-15-28-22-13-11-21(12-14-22)23(26)20-9-7-19(17-25)8-10-20/h7-14H,1,3-6,15-16H2,2H3. The predicted octanol–water partition coefficient (Wildman–Crippen LogP) is 4.85. The summed E-state index contributed by atoms with van der Waals surface area (Å²) >= 11 is 0. The second-order valence-corrected chi connectivity index (χ2v) is 6.72. The van der Waals surface area contributed by atoms with Crippen molar-refractivity contribution in [3.05, 3.63) is 77.4 Å². The highest BCUT2D eigenvalue weighted by molar-refractivity contribution is 6.09. The van der Waals surface area contributed by atoms with Crippen LogP contribution in [-0.4, -0.2) is 25.0 Å². The molecule has 0 bridgehead atoms. The zero-order valence-corrected chi connectivity index (χ0v) is 16.6. The minimum Gasteiger partial charge on any atom is -0.494 e. The SMILES string of the molecule is C=C(C)C(=O)OCCCCCCOc1ccc(C(=O)c2ccc(C#N)cc2)cc1. The van der Waals surface area contributed by atoms with Crippen LogP contribution < -0.4 is 4.74 Å². The third-order valence-electron chi connectivity index (χ3n) is 4.28. The number of rotatable bonds is 11. The molecule has 0 heterocycles. The summed E-state index contributed by atoms with van der Waals surface area (Å²) in [6, 6.07) is 15.7. The maximum absolute atomic E-state index is 12.5. The lowest BCUT2D eigenvalue weighted by molar-refractivity contribution is -0.139. The molecule has 0 N–H and O–H groups in total. The van der Waals surface area contributed by atoms with Gasteiger partial charge in [-0.3, -0.25) is 4.79 Å². The fourth-order valence-electron chi connectivity index (χ4n) is 2.60. The number of carbonyl (C=O) groups is 2. The van der Waals surface area contributed by atoms with Gasteiger partial charge in [0.2, 0.25) is 0 Å². The largest absolute Gasteiger partial charge is 0.494 e. The highest BCUT2D eigenvalue weighted by atomic mass is 16.5. The van der Waals surface area contributed by atoms with Crippen molar-refractivity contribution >= 4 is 11.8 Å². The molecule has 0 saturated heterocycles. The first kappa shape index (κ1) is 21.9. The summed E-state index contributed by atoms with van der Waals surface area (Å²) in [7, 11) is 0. The van der Waals surface area contributed by atoms with Gasteiger partial charge >= 0.3 is 5.97 Å². The lowest BCUT2D eigenvalue weighted by Gasteiger charge is -2.08. The number of nitriles is 1. The zero-order chi connectivity index (χ0) is 21.1. The van der Waals surface area contributed by atoms with E-state index in [-0.39, 0.29) is 11.8 Å². The molecule has 0 aliphatic heterocycles. The first-order valence-electron chi connectivity index (χ1n) is 9.61. The van der Waals surface area contributed by atoms with E-state index in [2.05, 4.69) is 6.58 Å². The van der Waals surface area contributed by atoms with Gasteiger partial charge in [0, 0.05) is 16.7 Å². The number of hydrogen-bond acceptors (Lipinski definition) is 5. The molecule has 5 nitrogen and oxygen atoms in total. The molecule has 0 aliphatic carbocycles. The fraction of sp³-hybridized carbons (Fsp3) is 0.292. The number of ketones is 1. The van der Waals surface area contributed by atoms with E-state index in [4.69, 9.17) is 14.7 Å². The third kappa shape index (κ3) is 7.27. The lowest BCUT2D eigenvalue weighted by Crippen LogP contribution is -2.06. The molecule has 0 unspecified atom stereocenters. The number of benzene rings is 2. The van der Waals surface area contributed by atoms with Gasteiger partial charge in [-0.2, -0.15) is 5.26 Å². The first-order valence-corrected chi connectivity index (χ1v) is 9.61. The van der Waals surface area contributed by atoms with Crippen molar-refractivity contribution in [2.75, 3.05) is 13.2 Å². The molecule has 2 rings (SSSR count). The van der Waals surface area contributed by atoms with E-state index in [1.807, 2.05) is 6.07 Å². The summed E-state index contributed by atoms with van der Waals surface area (Å²) in [5, 5.41) is 8.83. The Hall–Kier alpha value is -3.39. The minimum absolute atomic E-state index is 0.0895. The molecule has 0 aliphatic rings. The summed E-state index contributed by atoms with van der Waals surface area (Å²) in [5.41, 5.74) is 2.07. The molecule has 2 aromatic rings. The van der Waals surface area contributed by atoms with Gasteiger partial charge in [0.1, 0.15) is 5.75 Å². The molecule has 2 aromatic carbocycles. The Morgan fingerprint density at radius 1 is 0.897 bits per heavy atom. The van der Waals surface area contributed by atoms with Crippen LogP contribution in [0, 0.1) is 11.3 Å². The van der Waals surface area contributed by atoms with Crippen LogP contribution >= 0.6 is 0 Å². The molecule has 0 fully saturated rings. The Balaban J connectivity index is 1.67. The molecule has 0 radical (unpaired) electrons. The highest BCUT2D eigenvalue weighted by Crippen LogP contribution is 2.16. The third-order valence-corrected chi connectivity index (χ3v) is 4.28. The summed E-state index contributed by atoms with van der Waals surface area (Å²) in [6.45, 7) is 6.18. The lowest BCUT2D eigenvalue weighted by atomic mass is 10.0. The number of carbonyl (C=O) groups excluding carboxylic acids is 2. The zero-order valence-electron chi connectivity index (χ0n) is 16.6. The van der Waals surface area contributed by atoms with E-state index in [0.717, 1.165) is 31.4 Å². The normalized spacial score (nSPS) is 10.1. The number of unbranched alkanes of at least 4 members (excludes halogenated alkanes) is 3. The van der Waals surface area contributed by atoms with Crippen molar-refractivity contribution in [2.24, 2.45) is 0 Å². The second kappa shape index (κ2) is 11.5. The maximum atomic E-state index is 12.5. The van der Waals surface area contributed by atoms with Crippen molar-refractivity contribution in [1.29, 1.82) is 5.26 Å². The molecule has 0 amide bonds. The molecule has 0 saturated carbocycles. The molecule has 0 aromatic heterocycles. The Bertz CT molecular complexity index is 877. The second-order valence-electron chi connectivity index (χ2n) is 6.72. The van der Waals surface area contributed by atoms with E-state index in [1.54, 1.807) is 55.5 Å². The van der Waals surface area contributed by atoms with E-state index in [9.17, 15) is 9.59 Å². The highest BCUT2D eigenvalue weighted by Gasteiger charge is 2.09. The monoisotopic (exact) mass is 391 g/mol. The Labute approximate surface area is 171 Å². The Kier molecular flexibility index (Phi) is 8.65. The molecular formula is C24H25NO4. The maximum Gasteiger partial charge on any atom is 0.333 e. The van der Waals surface area contributed by atoms with Crippen LogP contribution in [0.15, 0.2) is 60.7 Å². The van der Waals surface area contributed by atoms with Gasteiger partial charge in [0.25, 0.3) is 0 Å². The summed E-state index contributed by atoms with van der Waals surface area (Å²) in [6.07, 6.45) is 3.68. The van der Waals surface area contributed by atoms with Crippen LogP contribution in [0.4, 0.5) is 0 Å². The van der Waals surface area contributed by atoms with Crippen LogP contribution in [0.2, 0.25) is 0 Å². The van der Waals surface area contributed by atoms with Gasteiger partial charge in [-0.25, -0.2) is 4.79 Å². The number of ether oxygens (including phenoxy) is 2. The van der Waals surface area contributed by atoms with Gasteiger partial charge in [-0.1, -0.05) is 6.58 Å². The summed E-state index contributed by atoms with van der Waals surface area (Å²) in [4.78, 5) is 23.7. The average Bonchev–Trinajstić information content (AvgIpc) is 2.75. The predicted molar refractivity (Wildman–Crippen MR) is 111 cm³/mol. The molecule has 0 spiro atoms. The van der Waals surface area contributed by atoms with Crippen LogP contribution in [0.25, 0.3) is 0 Å². The smallest absolute Gasteiger partial charge is 0.333 e. The van der Waals surface area contributed by atoms with Gasteiger partial charge in [0.15, 0.2) is 5.78 Å². The van der Waals surface area contributed by atoms with E-state index >= 15 is 0 Å². The Morgan fingerprint density at radius 3 is 2.00 bits per heavy atom. The van der Waals surface area contributed by atoms with Crippen LogP contribution in [0.1, 0.15) is 54.1 Å². The topological polar surface area (TPSA) is 76.4 Å². The van der Waals surface area contributed by atoms with Gasteiger partial charge in [-0.15, -0.1) is 0 Å². The van der Waals surface area contributed by atoms with Crippen LogP contribution in [0.5, 0.6) is 5.75 Å². The van der Waals surface area contributed by atoms with Gasteiger partial charge < -0.3 is 9.47 Å². The van der Waals surface area contributed by atoms with E-state index < -0.39 is 0 Å². The number of hydrogen-bond donors (Lipinski definition) is 0. The van der Waals surface area contributed by atoms with E-state index in [1.165, 1.54) is 0 Å². The van der Waals surface area contributed by atoms with Crippen molar-refractivity contribution in [3.63, 3.8) is 0 Å². The fourth-order valence-corrected chi connectivity index (χ4v) is 2.60. The van der Waals surface area contributed by atoms with Crippen molar-refractivity contribution in [2.45, 2.75) is 32.6 Å².